The van der Waals surface area contributed by atoms with Gasteiger partial charge in [0.05, 0.1) is 5.41 Å². The summed E-state index contributed by atoms with van der Waals surface area (Å²) in [6.45, 7) is 0. The molecule has 2 atom stereocenters. The Morgan fingerprint density at radius 2 is 0.617 bits per heavy atom. The van der Waals surface area contributed by atoms with Gasteiger partial charge in [0.1, 0.15) is 0 Å². The van der Waals surface area contributed by atoms with E-state index in [0.717, 1.165) is 0 Å². The zero-order valence-electron chi connectivity index (χ0n) is 28.7. The maximum absolute atomic E-state index is 16.6. The third-order valence-corrected chi connectivity index (χ3v) is 10.3. The molecule has 0 saturated carbocycles. The van der Waals surface area contributed by atoms with E-state index in [1.807, 2.05) is 0 Å². The summed E-state index contributed by atoms with van der Waals surface area (Å²) in [6.07, 6.45) is 0. The van der Waals surface area contributed by atoms with Crippen molar-refractivity contribution in [2.75, 3.05) is 0 Å². The van der Waals surface area contributed by atoms with Crippen molar-refractivity contribution in [2.45, 2.75) is 11.3 Å². The van der Waals surface area contributed by atoms with Crippen molar-refractivity contribution in [3.05, 3.63) is 210 Å². The largest absolute Gasteiger partial charge is 0.204 e. The first kappa shape index (κ1) is 40.3. The van der Waals surface area contributed by atoms with Crippen LogP contribution in [-0.2, 0) is 5.41 Å². The minimum atomic E-state index is -3.38. The molecule has 2 aliphatic rings. The van der Waals surface area contributed by atoms with Crippen molar-refractivity contribution >= 4 is 22.3 Å². The van der Waals surface area contributed by atoms with E-state index in [4.69, 9.17) is 0 Å². The van der Waals surface area contributed by atoms with Gasteiger partial charge < -0.3 is 0 Å². The topological polar surface area (TPSA) is 0 Å². The monoisotopic (exact) mass is 858 g/mol. The van der Waals surface area contributed by atoms with Gasteiger partial charge in [0.15, 0.2) is 105 Å². The van der Waals surface area contributed by atoms with Gasteiger partial charge in [-0.05, 0) is 122 Å². The molecule has 0 fully saturated rings. The summed E-state index contributed by atoms with van der Waals surface area (Å²) >= 11 is 0. The Morgan fingerprint density at radius 1 is 0.300 bits per heavy atom. The van der Waals surface area contributed by atoms with Crippen molar-refractivity contribution in [3.8, 4) is 0 Å². The average Bonchev–Trinajstić information content (AvgIpc) is 3.66. The summed E-state index contributed by atoms with van der Waals surface area (Å²) in [5, 5.41) is 0. The number of halogens is 18. The lowest BCUT2D eigenvalue weighted by molar-refractivity contribution is 0.429. The summed E-state index contributed by atoms with van der Waals surface area (Å²) in [5.74, 6) is -42.1. The average molecular weight is 859 g/mol. The van der Waals surface area contributed by atoms with Crippen molar-refractivity contribution in [2.24, 2.45) is 0 Å². The molecule has 0 heterocycles. The zero-order chi connectivity index (χ0) is 43.6. The standard InChI is InChI=1S/C42H12F18/c43-18-1-12(2-19(44)35(18)54)29-30(13-3-20(45)36(55)21(46)4-13)34-17-11-28(53)40(59)41(60)31(17)33(15-7-24(49)38(57)25(50)8-15)42(34,16-9-26(51)39(58)27(52)10-16)32(29)14-5-22(47)37(56)23(48)6-14/h1-11,33H/t33-,42-/m1/s1. The Hall–Kier alpha value is -6.46. The lowest BCUT2D eigenvalue weighted by Gasteiger charge is -2.39. The van der Waals surface area contributed by atoms with Gasteiger partial charge in [-0.1, -0.05) is 0 Å². The molecule has 0 aromatic heterocycles. The van der Waals surface area contributed by atoms with Gasteiger partial charge in [0, 0.05) is 11.5 Å². The molecule has 6 aromatic carbocycles. The van der Waals surface area contributed by atoms with E-state index < -0.39 is 177 Å². The Balaban J connectivity index is 1.77. The number of fused-ring (bicyclic) bond motifs is 3. The van der Waals surface area contributed by atoms with Crippen LogP contribution in [0.15, 0.2) is 66.7 Å². The van der Waals surface area contributed by atoms with Gasteiger partial charge in [-0.2, -0.15) is 0 Å². The molecule has 0 amide bonds. The van der Waals surface area contributed by atoms with Crippen LogP contribution in [0.5, 0.6) is 0 Å². The second-order valence-electron chi connectivity index (χ2n) is 13.5. The molecule has 18 heteroatoms. The van der Waals surface area contributed by atoms with Crippen LogP contribution >= 0.6 is 0 Å². The van der Waals surface area contributed by atoms with Crippen LogP contribution in [0.4, 0.5) is 79.0 Å². The molecule has 6 aromatic rings. The predicted molar refractivity (Wildman–Crippen MR) is 175 cm³/mol. The predicted octanol–water partition coefficient (Wildman–Crippen LogP) is 12.8. The molecule has 0 spiro atoms. The molecule has 0 nitrogen and oxygen atoms in total. The molecule has 0 aliphatic heterocycles. The highest BCUT2D eigenvalue weighted by molar-refractivity contribution is 6.33. The quantitative estimate of drug-likeness (QED) is 0.120. The van der Waals surface area contributed by atoms with Crippen molar-refractivity contribution < 1.29 is 79.0 Å². The van der Waals surface area contributed by atoms with Crippen molar-refractivity contribution in [3.63, 3.8) is 0 Å². The highest BCUT2D eigenvalue weighted by atomic mass is 19.2. The maximum Gasteiger partial charge on any atom is 0.194 e. The third-order valence-electron chi connectivity index (χ3n) is 10.3. The Bertz CT molecular complexity index is 2810. The highest BCUT2D eigenvalue weighted by Gasteiger charge is 2.62. The van der Waals surface area contributed by atoms with E-state index in [9.17, 15) is 22.0 Å². The smallest absolute Gasteiger partial charge is 0.194 e. The first-order valence-corrected chi connectivity index (χ1v) is 16.6. The molecule has 8 rings (SSSR count). The van der Waals surface area contributed by atoms with E-state index in [0.29, 0.717) is 0 Å². The van der Waals surface area contributed by atoms with Crippen LogP contribution in [0.25, 0.3) is 22.3 Å². The lowest BCUT2D eigenvalue weighted by atomic mass is 9.61. The molecule has 0 N–H and O–H groups in total. The highest BCUT2D eigenvalue weighted by Crippen LogP contribution is 2.73. The van der Waals surface area contributed by atoms with Crippen LogP contribution in [0.2, 0.25) is 0 Å². The van der Waals surface area contributed by atoms with Crippen LogP contribution in [0, 0.1) is 105 Å². The first-order valence-electron chi connectivity index (χ1n) is 16.6. The molecule has 0 radical (unpaired) electrons. The fraction of sp³-hybridized carbons (Fsp3) is 0.0476. The van der Waals surface area contributed by atoms with E-state index in [1.165, 1.54) is 0 Å². The maximum atomic E-state index is 16.6. The normalized spacial score (nSPS) is 17.3. The molecule has 60 heavy (non-hydrogen) atoms. The van der Waals surface area contributed by atoms with Gasteiger partial charge in [0.2, 0.25) is 0 Å². The number of rotatable bonds is 5. The van der Waals surface area contributed by atoms with E-state index in [2.05, 4.69) is 0 Å². The lowest BCUT2D eigenvalue weighted by Crippen LogP contribution is -2.33. The Morgan fingerprint density at radius 3 is 1.02 bits per heavy atom. The van der Waals surface area contributed by atoms with Crippen LogP contribution < -0.4 is 0 Å². The van der Waals surface area contributed by atoms with E-state index in [-0.39, 0.29) is 66.7 Å². The molecular formula is C42H12F18. The Labute approximate surface area is 322 Å². The number of benzene rings is 6. The summed E-state index contributed by atoms with van der Waals surface area (Å²) in [7, 11) is 0. The molecule has 2 aliphatic carbocycles. The van der Waals surface area contributed by atoms with Crippen LogP contribution in [0.1, 0.15) is 44.9 Å². The van der Waals surface area contributed by atoms with Crippen LogP contribution in [0.3, 0.4) is 0 Å². The second-order valence-corrected chi connectivity index (χ2v) is 13.5. The minimum Gasteiger partial charge on any atom is -0.204 e. The van der Waals surface area contributed by atoms with Crippen molar-refractivity contribution in [1.82, 2.24) is 0 Å². The van der Waals surface area contributed by atoms with Gasteiger partial charge >= 0.3 is 0 Å². The zero-order valence-corrected chi connectivity index (χ0v) is 28.7. The number of hydrogen-bond acceptors (Lipinski definition) is 0. The Kier molecular flexibility index (Phi) is 9.28. The van der Waals surface area contributed by atoms with Gasteiger partial charge in [-0.3, -0.25) is 0 Å². The number of allylic oxidation sites excluding steroid dienone is 4. The molecule has 0 saturated heterocycles. The fourth-order valence-electron chi connectivity index (χ4n) is 8.17. The van der Waals surface area contributed by atoms with Crippen LogP contribution in [-0.4, -0.2) is 0 Å². The van der Waals surface area contributed by atoms with Gasteiger partial charge in [0.25, 0.3) is 0 Å². The minimum absolute atomic E-state index is 0.0482. The second kappa shape index (κ2) is 13.8. The van der Waals surface area contributed by atoms with Gasteiger partial charge in [-0.25, -0.2) is 79.0 Å². The first-order chi connectivity index (χ1) is 28.2. The molecule has 0 bridgehead atoms. The third kappa shape index (κ3) is 5.58. The number of hydrogen-bond donors (Lipinski definition) is 0. The molecular weight excluding hydrogens is 846 g/mol. The fourth-order valence-corrected chi connectivity index (χ4v) is 8.17. The summed E-state index contributed by atoms with van der Waals surface area (Å²) < 4.78 is 274. The SMILES string of the molecule is Fc1cc(C2=C(c3cc(F)c(F)c(F)c3)[C@@]3(c4cc(F)c(F)c(F)c4)C(=C2c2cc(F)c(F)c(F)c2)c2cc(F)c(F)c(F)c2[C@H]3c2cc(F)c(F)c(F)c2)cc(F)c1F. The summed E-state index contributed by atoms with van der Waals surface area (Å²) in [5.41, 5.74) is -16.1. The summed E-state index contributed by atoms with van der Waals surface area (Å²) in [4.78, 5) is 0. The summed E-state index contributed by atoms with van der Waals surface area (Å²) in [6, 6.07) is 0.924. The van der Waals surface area contributed by atoms with Gasteiger partial charge in [-0.15, -0.1) is 0 Å². The molecule has 0 unspecified atom stereocenters. The van der Waals surface area contributed by atoms with Crippen molar-refractivity contribution in [1.29, 1.82) is 0 Å². The van der Waals surface area contributed by atoms with E-state index in [1.54, 1.807) is 0 Å². The van der Waals surface area contributed by atoms with E-state index >= 15 is 57.1 Å². The molecule has 306 valence electrons.